The van der Waals surface area contributed by atoms with Crippen molar-refractivity contribution in [2.45, 2.75) is 49.6 Å². The second kappa shape index (κ2) is 13.3. The molecule has 10 nitrogen and oxygen atoms in total. The first kappa shape index (κ1) is 30.6. The maximum absolute atomic E-state index is 14.1. The topological polar surface area (TPSA) is 124 Å². The highest BCUT2D eigenvalue weighted by Crippen LogP contribution is 2.26. The number of benzene rings is 2. The molecule has 2 atom stereocenters. The van der Waals surface area contributed by atoms with E-state index in [2.05, 4.69) is 39.1 Å². The van der Waals surface area contributed by atoms with Crippen molar-refractivity contribution in [3.8, 4) is 0 Å². The van der Waals surface area contributed by atoms with Gasteiger partial charge in [-0.1, -0.05) is 36.9 Å². The molecule has 232 valence electrons. The summed E-state index contributed by atoms with van der Waals surface area (Å²) in [4.78, 5) is 30.0. The van der Waals surface area contributed by atoms with Crippen LogP contribution in [-0.4, -0.2) is 60.4 Å². The van der Waals surface area contributed by atoms with Gasteiger partial charge in [0.15, 0.2) is 6.39 Å². The summed E-state index contributed by atoms with van der Waals surface area (Å²) in [6, 6.07) is 19.8. The van der Waals surface area contributed by atoms with Crippen molar-refractivity contribution in [1.29, 1.82) is 0 Å². The lowest BCUT2D eigenvalue weighted by Gasteiger charge is -2.30. The summed E-state index contributed by atoms with van der Waals surface area (Å²) < 4.78 is 20.2. The smallest absolute Gasteiger partial charge is 0.288 e. The van der Waals surface area contributed by atoms with Crippen LogP contribution in [0.25, 0.3) is 16.6 Å². The van der Waals surface area contributed by atoms with Gasteiger partial charge in [-0.05, 0) is 81.7 Å². The molecule has 0 aliphatic carbocycles. The van der Waals surface area contributed by atoms with E-state index in [4.69, 9.17) is 9.40 Å². The van der Waals surface area contributed by atoms with Crippen molar-refractivity contribution in [2.24, 2.45) is 0 Å². The predicted octanol–water partition coefficient (Wildman–Crippen LogP) is 5.66. The van der Waals surface area contributed by atoms with Gasteiger partial charge in [0.1, 0.15) is 10.9 Å². The third kappa shape index (κ3) is 6.80. The van der Waals surface area contributed by atoms with Crippen LogP contribution in [0.1, 0.15) is 43.6 Å². The van der Waals surface area contributed by atoms with Gasteiger partial charge in [-0.15, -0.1) is 0 Å². The number of aromatic nitrogens is 4. The number of hydrogen-bond donors (Lipinski definition) is 2. The summed E-state index contributed by atoms with van der Waals surface area (Å²) in [7, 11) is 2.15. The molecule has 4 heterocycles. The number of rotatable bonds is 10. The van der Waals surface area contributed by atoms with Crippen LogP contribution in [0.3, 0.4) is 0 Å². The Hall–Kier alpha value is -4.45. The zero-order chi connectivity index (χ0) is 31.5. The normalized spacial score (nSPS) is 16.2. The molecule has 6 rings (SSSR count). The summed E-state index contributed by atoms with van der Waals surface area (Å²) in [6.45, 7) is 10.1. The zero-order valence-corrected chi connectivity index (χ0v) is 26.5. The number of pyridine rings is 1. The van der Waals surface area contributed by atoms with Crippen molar-refractivity contribution >= 4 is 45.1 Å². The monoisotopic (exact) mass is 623 g/mol. The van der Waals surface area contributed by atoms with E-state index in [1.807, 2.05) is 68.4 Å². The fourth-order valence-corrected chi connectivity index (χ4v) is 6.50. The Bertz CT molecular complexity index is 1850. The van der Waals surface area contributed by atoms with E-state index in [-0.39, 0.29) is 17.4 Å². The Balaban J connectivity index is 1.34. The minimum atomic E-state index is -1.40. The molecule has 0 saturated carbocycles. The summed E-state index contributed by atoms with van der Waals surface area (Å²) in [5.41, 5.74) is 3.79. The molecule has 2 unspecified atom stereocenters. The third-order valence-electron chi connectivity index (χ3n) is 7.93. The van der Waals surface area contributed by atoms with Crippen LogP contribution in [0.15, 0.2) is 94.1 Å². The second-order valence-corrected chi connectivity index (χ2v) is 13.6. The van der Waals surface area contributed by atoms with E-state index in [0.29, 0.717) is 44.9 Å². The van der Waals surface area contributed by atoms with Crippen molar-refractivity contribution in [3.63, 3.8) is 0 Å². The number of hydrogen-bond acceptors (Lipinski definition) is 9. The molecule has 0 amide bonds. The van der Waals surface area contributed by atoms with E-state index < -0.39 is 11.2 Å². The quantitative estimate of drug-likeness (QED) is 0.190. The molecular formula is C34H37N7O3S. The number of piperidine rings is 1. The van der Waals surface area contributed by atoms with Crippen LogP contribution < -0.4 is 16.2 Å². The molecule has 1 fully saturated rings. The zero-order valence-electron chi connectivity index (χ0n) is 25.7. The van der Waals surface area contributed by atoms with Crippen LogP contribution in [-0.2, 0) is 17.7 Å². The van der Waals surface area contributed by atoms with Gasteiger partial charge in [0, 0.05) is 52.3 Å². The van der Waals surface area contributed by atoms with Crippen molar-refractivity contribution in [3.05, 3.63) is 107 Å². The van der Waals surface area contributed by atoms with Gasteiger partial charge in [0.2, 0.25) is 11.7 Å². The highest BCUT2D eigenvalue weighted by Gasteiger charge is 2.26. The van der Waals surface area contributed by atoms with E-state index in [1.54, 1.807) is 12.3 Å². The maximum Gasteiger partial charge on any atom is 0.288 e. The largest absolute Gasteiger partial charge is 0.610 e. The van der Waals surface area contributed by atoms with Crippen molar-refractivity contribution in [2.75, 3.05) is 30.8 Å². The molecule has 1 saturated heterocycles. The van der Waals surface area contributed by atoms with Crippen LogP contribution in [0, 0.1) is 0 Å². The molecular weight excluding hydrogens is 586 g/mol. The summed E-state index contributed by atoms with van der Waals surface area (Å²) in [5, 5.41) is 7.69. The SMILES string of the molecule is C=C(c1ccccc1)c1cc2cnc(Nc3ccc(NC4CCCN(C)C4)cc3)nc2n(Cc2ocnc2[S+]([O-])C(C)C)c1=O. The van der Waals surface area contributed by atoms with Gasteiger partial charge >= 0.3 is 0 Å². The molecule has 1 aliphatic rings. The molecule has 11 heteroatoms. The fraction of sp³-hybridized carbons (Fsp3) is 0.294. The summed E-state index contributed by atoms with van der Waals surface area (Å²) in [5.74, 6) is 0.678. The Morgan fingerprint density at radius 1 is 1.13 bits per heavy atom. The first-order valence-electron chi connectivity index (χ1n) is 15.1. The molecule has 0 spiro atoms. The summed E-state index contributed by atoms with van der Waals surface area (Å²) in [6.07, 6.45) is 5.29. The minimum Gasteiger partial charge on any atom is -0.610 e. The lowest BCUT2D eigenvalue weighted by atomic mass is 10.00. The highest BCUT2D eigenvalue weighted by atomic mass is 32.2. The van der Waals surface area contributed by atoms with E-state index in [9.17, 15) is 9.35 Å². The Kier molecular flexibility index (Phi) is 9.02. The van der Waals surface area contributed by atoms with E-state index in [1.165, 1.54) is 17.4 Å². The van der Waals surface area contributed by atoms with Crippen LogP contribution in [0.4, 0.5) is 17.3 Å². The van der Waals surface area contributed by atoms with Crippen molar-refractivity contribution < 1.29 is 8.97 Å². The first-order chi connectivity index (χ1) is 21.8. The highest BCUT2D eigenvalue weighted by molar-refractivity contribution is 7.92. The Morgan fingerprint density at radius 2 is 1.89 bits per heavy atom. The predicted molar refractivity (Wildman–Crippen MR) is 179 cm³/mol. The molecule has 45 heavy (non-hydrogen) atoms. The van der Waals surface area contributed by atoms with Gasteiger partial charge in [-0.25, -0.2) is 4.98 Å². The van der Waals surface area contributed by atoms with Gasteiger partial charge < -0.3 is 24.5 Å². The summed E-state index contributed by atoms with van der Waals surface area (Å²) >= 11 is -1.40. The number of fused-ring (bicyclic) bond motifs is 1. The third-order valence-corrected chi connectivity index (χ3v) is 9.51. The molecule has 3 aromatic heterocycles. The van der Waals surface area contributed by atoms with Crippen LogP contribution in [0.5, 0.6) is 0 Å². The van der Waals surface area contributed by atoms with Crippen LogP contribution >= 0.6 is 0 Å². The van der Waals surface area contributed by atoms with Gasteiger partial charge in [-0.3, -0.25) is 9.36 Å². The number of nitrogens with one attached hydrogen (secondary N) is 2. The lowest BCUT2D eigenvalue weighted by molar-refractivity contribution is 0.261. The number of oxazole rings is 1. The van der Waals surface area contributed by atoms with E-state index in [0.717, 1.165) is 36.4 Å². The Morgan fingerprint density at radius 3 is 2.62 bits per heavy atom. The maximum atomic E-state index is 14.1. The van der Waals surface area contributed by atoms with Gasteiger partial charge in [0.05, 0.1) is 6.54 Å². The molecule has 1 aliphatic heterocycles. The van der Waals surface area contributed by atoms with Gasteiger partial charge in [0.25, 0.3) is 10.6 Å². The fourth-order valence-electron chi connectivity index (χ4n) is 5.57. The molecule has 2 N–H and O–H groups in total. The Labute approximate surface area is 265 Å². The van der Waals surface area contributed by atoms with Gasteiger partial charge in [-0.2, -0.15) is 9.97 Å². The number of nitrogens with zero attached hydrogens (tertiary/aromatic N) is 5. The average Bonchev–Trinajstić information content (AvgIpc) is 3.51. The number of likely N-dealkylation sites (tertiary alicyclic amines) is 1. The van der Waals surface area contributed by atoms with Crippen molar-refractivity contribution in [1.82, 2.24) is 24.4 Å². The standard InChI is InChI=1S/C34H37N7O3S/c1-22(2)45(43)32-30(44-21-36-32)20-41-31-25(17-29(33(41)42)23(3)24-9-6-5-7-10-24)18-35-34(39-31)38-27-14-12-26(13-15-27)37-28-11-8-16-40(4)19-28/h5-7,9-10,12-15,17-18,21-22,28,37H,3,8,11,16,19-20H2,1-2,4H3,(H,35,38,39). The minimum absolute atomic E-state index is 0.00773. The number of anilines is 3. The lowest BCUT2D eigenvalue weighted by Crippen LogP contribution is -2.39. The van der Waals surface area contributed by atoms with E-state index >= 15 is 0 Å². The average molecular weight is 624 g/mol. The molecule has 2 aromatic carbocycles. The molecule has 0 bridgehead atoms. The molecule has 5 aromatic rings. The first-order valence-corrected chi connectivity index (χ1v) is 16.3. The molecule has 0 radical (unpaired) electrons. The second-order valence-electron chi connectivity index (χ2n) is 11.6. The number of likely N-dealkylation sites (N-methyl/N-ethyl adjacent to an activating group) is 1. The van der Waals surface area contributed by atoms with Crippen LogP contribution in [0.2, 0.25) is 0 Å².